The summed E-state index contributed by atoms with van der Waals surface area (Å²) in [4.78, 5) is 11.5. The van der Waals surface area contributed by atoms with Crippen LogP contribution in [0.1, 0.15) is 34.1 Å². The fourth-order valence-electron chi connectivity index (χ4n) is 1.55. The molecule has 0 aromatic heterocycles. The van der Waals surface area contributed by atoms with Crippen LogP contribution in [-0.4, -0.2) is 50.6 Å². The quantitative estimate of drug-likeness (QED) is 0.419. The fraction of sp³-hybridized carbons (Fsp3) is 0.800. The van der Waals surface area contributed by atoms with Crippen LogP contribution in [-0.2, 0) is 9.47 Å². The number of ether oxygens (including phenoxy) is 2. The van der Waals surface area contributed by atoms with Crippen molar-refractivity contribution in [1.82, 2.24) is 10.6 Å². The lowest BCUT2D eigenvalue weighted by Gasteiger charge is -2.21. The summed E-state index contributed by atoms with van der Waals surface area (Å²) in [7, 11) is 0. The minimum atomic E-state index is -0.476. The van der Waals surface area contributed by atoms with Gasteiger partial charge in [0.15, 0.2) is 0 Å². The Balaban J connectivity index is 3.70. The van der Waals surface area contributed by atoms with E-state index in [1.165, 1.54) is 0 Å². The smallest absolute Gasteiger partial charge is 0.407 e. The van der Waals surface area contributed by atoms with Crippen LogP contribution in [0.5, 0.6) is 0 Å². The van der Waals surface area contributed by atoms with E-state index in [-0.39, 0.29) is 6.04 Å². The summed E-state index contributed by atoms with van der Waals surface area (Å²) in [6, 6.07) is 0.147. The summed E-state index contributed by atoms with van der Waals surface area (Å²) in [6.07, 6.45) is 0.346. The van der Waals surface area contributed by atoms with Gasteiger partial charge in [-0.1, -0.05) is 12.2 Å². The van der Waals surface area contributed by atoms with Gasteiger partial charge in [0, 0.05) is 25.7 Å². The lowest BCUT2D eigenvalue weighted by molar-refractivity contribution is 0.0526. The van der Waals surface area contributed by atoms with Crippen molar-refractivity contribution in [3.8, 4) is 0 Å². The van der Waals surface area contributed by atoms with E-state index >= 15 is 0 Å². The first-order chi connectivity index (χ1) is 9.74. The lowest BCUT2D eigenvalue weighted by Crippen LogP contribution is -2.41. The van der Waals surface area contributed by atoms with Gasteiger partial charge < -0.3 is 25.8 Å². The van der Waals surface area contributed by atoms with E-state index in [2.05, 4.69) is 17.2 Å². The monoisotopic (exact) mass is 301 g/mol. The first-order valence-corrected chi connectivity index (χ1v) is 7.37. The molecule has 1 atom stereocenters. The average molecular weight is 301 g/mol. The van der Waals surface area contributed by atoms with Gasteiger partial charge in [0.1, 0.15) is 5.60 Å². The number of carbonyl (C=O) groups excluding carboxylic acids is 1. The van der Waals surface area contributed by atoms with Crippen LogP contribution in [0.25, 0.3) is 0 Å². The van der Waals surface area contributed by atoms with Crippen LogP contribution in [0, 0.1) is 0 Å². The van der Waals surface area contributed by atoms with E-state index < -0.39 is 11.7 Å². The Morgan fingerprint density at radius 1 is 1.33 bits per heavy atom. The Kier molecular flexibility index (Phi) is 10.0. The van der Waals surface area contributed by atoms with Gasteiger partial charge in [-0.2, -0.15) is 0 Å². The second-order valence-corrected chi connectivity index (χ2v) is 6.11. The van der Waals surface area contributed by atoms with Gasteiger partial charge in [-0.15, -0.1) is 0 Å². The maximum absolute atomic E-state index is 11.5. The predicted octanol–water partition coefficient (Wildman–Crippen LogP) is 1.41. The minimum Gasteiger partial charge on any atom is -0.444 e. The average Bonchev–Trinajstić information content (AvgIpc) is 2.33. The predicted molar refractivity (Wildman–Crippen MR) is 85.3 cm³/mol. The van der Waals surface area contributed by atoms with Gasteiger partial charge in [-0.05, 0) is 34.1 Å². The van der Waals surface area contributed by atoms with Gasteiger partial charge in [0.2, 0.25) is 0 Å². The van der Waals surface area contributed by atoms with Crippen molar-refractivity contribution in [1.29, 1.82) is 0 Å². The van der Waals surface area contributed by atoms with Gasteiger partial charge in [-0.3, -0.25) is 0 Å². The third-order valence-electron chi connectivity index (χ3n) is 2.47. The highest BCUT2D eigenvalue weighted by molar-refractivity contribution is 5.67. The van der Waals surface area contributed by atoms with Crippen LogP contribution in [0.3, 0.4) is 0 Å². The van der Waals surface area contributed by atoms with Gasteiger partial charge >= 0.3 is 6.09 Å². The molecule has 0 saturated heterocycles. The molecule has 0 rings (SSSR count). The Morgan fingerprint density at radius 2 is 2.00 bits per heavy atom. The molecule has 0 aliphatic heterocycles. The molecule has 0 radical (unpaired) electrons. The molecule has 0 aliphatic rings. The molecule has 21 heavy (non-hydrogen) atoms. The molecule has 6 heteroatoms. The van der Waals surface area contributed by atoms with Crippen molar-refractivity contribution < 1.29 is 14.3 Å². The molecular formula is C15H31N3O3. The number of hydrogen-bond donors (Lipinski definition) is 3. The van der Waals surface area contributed by atoms with Crippen LogP contribution in [0.15, 0.2) is 12.2 Å². The molecule has 1 unspecified atom stereocenters. The highest BCUT2D eigenvalue weighted by Gasteiger charge is 2.16. The van der Waals surface area contributed by atoms with Crippen LogP contribution in [0.4, 0.5) is 4.79 Å². The van der Waals surface area contributed by atoms with Gasteiger partial charge in [0.25, 0.3) is 0 Å². The van der Waals surface area contributed by atoms with Crippen molar-refractivity contribution in [2.45, 2.75) is 45.8 Å². The molecule has 0 aromatic carbocycles. The second kappa shape index (κ2) is 10.6. The number of nitrogens with one attached hydrogen (secondary N) is 2. The van der Waals surface area contributed by atoms with E-state index in [1.54, 1.807) is 0 Å². The first-order valence-electron chi connectivity index (χ1n) is 7.37. The van der Waals surface area contributed by atoms with Crippen LogP contribution < -0.4 is 16.4 Å². The molecular weight excluding hydrogens is 270 g/mol. The Labute approximate surface area is 128 Å². The molecule has 0 heterocycles. The van der Waals surface area contributed by atoms with E-state index in [9.17, 15) is 4.79 Å². The van der Waals surface area contributed by atoms with Crippen molar-refractivity contribution in [3.63, 3.8) is 0 Å². The number of amides is 1. The Bertz CT molecular complexity index is 314. The molecule has 124 valence electrons. The highest BCUT2D eigenvalue weighted by Crippen LogP contribution is 2.06. The lowest BCUT2D eigenvalue weighted by atomic mass is 10.2. The SMILES string of the molecule is C=C(C)COCCNC(CN)CCNC(=O)OC(C)(C)C. The Hall–Kier alpha value is -1.11. The number of hydrogen-bond acceptors (Lipinski definition) is 5. The summed E-state index contributed by atoms with van der Waals surface area (Å²) in [5.74, 6) is 0. The molecule has 0 saturated carbocycles. The molecule has 0 bridgehead atoms. The van der Waals surface area contributed by atoms with Crippen LogP contribution >= 0.6 is 0 Å². The standard InChI is InChI=1S/C15H31N3O3/c1-12(2)11-20-9-8-17-13(10-16)6-7-18-14(19)21-15(3,4)5/h13,17H,1,6-11,16H2,2-5H3,(H,18,19). The minimum absolute atomic E-state index is 0.147. The maximum atomic E-state index is 11.5. The van der Waals surface area contributed by atoms with E-state index in [0.717, 1.165) is 18.5 Å². The molecule has 6 nitrogen and oxygen atoms in total. The summed E-state index contributed by atoms with van der Waals surface area (Å²) < 4.78 is 10.6. The number of rotatable bonds is 10. The van der Waals surface area contributed by atoms with E-state index in [0.29, 0.717) is 26.3 Å². The number of carbonyl (C=O) groups is 1. The molecule has 0 spiro atoms. The zero-order valence-corrected chi connectivity index (χ0v) is 13.8. The zero-order valence-electron chi connectivity index (χ0n) is 13.8. The maximum Gasteiger partial charge on any atom is 0.407 e. The summed E-state index contributed by atoms with van der Waals surface area (Å²) in [6.45, 7) is 14.2. The number of alkyl carbamates (subject to hydrolysis) is 1. The summed E-state index contributed by atoms with van der Waals surface area (Å²) >= 11 is 0. The van der Waals surface area contributed by atoms with Crippen molar-refractivity contribution in [2.75, 3.05) is 32.8 Å². The third kappa shape index (κ3) is 13.6. The fourth-order valence-corrected chi connectivity index (χ4v) is 1.55. The molecule has 4 N–H and O–H groups in total. The summed E-state index contributed by atoms with van der Waals surface area (Å²) in [5, 5.41) is 6.01. The Morgan fingerprint density at radius 3 is 2.52 bits per heavy atom. The van der Waals surface area contributed by atoms with Crippen LogP contribution in [0.2, 0.25) is 0 Å². The summed E-state index contributed by atoms with van der Waals surface area (Å²) in [5.41, 5.74) is 6.22. The van der Waals surface area contributed by atoms with Crippen molar-refractivity contribution in [2.24, 2.45) is 5.73 Å². The second-order valence-electron chi connectivity index (χ2n) is 6.11. The van der Waals surface area contributed by atoms with Crippen molar-refractivity contribution >= 4 is 6.09 Å². The molecule has 0 aliphatic carbocycles. The van der Waals surface area contributed by atoms with Gasteiger partial charge in [0.05, 0.1) is 13.2 Å². The largest absolute Gasteiger partial charge is 0.444 e. The van der Waals surface area contributed by atoms with E-state index in [4.69, 9.17) is 15.2 Å². The third-order valence-corrected chi connectivity index (χ3v) is 2.47. The first kappa shape index (κ1) is 19.9. The van der Waals surface area contributed by atoms with Crippen molar-refractivity contribution in [3.05, 3.63) is 12.2 Å². The molecule has 0 fully saturated rings. The number of nitrogens with two attached hydrogens (primary N) is 1. The van der Waals surface area contributed by atoms with E-state index in [1.807, 2.05) is 27.7 Å². The highest BCUT2D eigenvalue weighted by atomic mass is 16.6. The topological polar surface area (TPSA) is 85.6 Å². The zero-order chi connectivity index (χ0) is 16.3. The molecule has 1 amide bonds. The van der Waals surface area contributed by atoms with Gasteiger partial charge in [-0.25, -0.2) is 4.79 Å². The molecule has 0 aromatic rings. The normalized spacial score (nSPS) is 12.8.